The summed E-state index contributed by atoms with van der Waals surface area (Å²) < 4.78 is 0. The minimum absolute atomic E-state index is 0.0493. The molecule has 0 radical (unpaired) electrons. The number of nitrogens with two attached hydrogens (primary N) is 1. The molecule has 6 nitrogen and oxygen atoms in total. The standard InChI is InChI=1S/C14H23N3O3S/c1-3-11-17(7-8-21-11)13(19)10-5-4-6-16(10)14(20)12(15)9(2)18/h7-12,18H,3-6,15H2,1-2H3/t9-,10+,11?,12+/m1/s1. The molecule has 1 fully saturated rings. The summed E-state index contributed by atoms with van der Waals surface area (Å²) in [5.41, 5.74) is 5.72. The van der Waals surface area contributed by atoms with Crippen molar-refractivity contribution in [2.24, 2.45) is 5.73 Å². The van der Waals surface area contributed by atoms with Crippen molar-refractivity contribution in [2.45, 2.75) is 56.7 Å². The average Bonchev–Trinajstić information content (AvgIpc) is 3.12. The van der Waals surface area contributed by atoms with E-state index in [9.17, 15) is 14.7 Å². The lowest BCUT2D eigenvalue weighted by Gasteiger charge is -2.31. The Hall–Kier alpha value is -1.05. The Balaban J connectivity index is 2.09. The van der Waals surface area contributed by atoms with Crippen LogP contribution >= 0.6 is 11.8 Å². The Morgan fingerprint density at radius 3 is 2.86 bits per heavy atom. The van der Waals surface area contributed by atoms with Crippen LogP contribution in [0.25, 0.3) is 0 Å². The molecule has 0 aromatic carbocycles. The molecule has 0 aliphatic carbocycles. The Morgan fingerprint density at radius 1 is 1.52 bits per heavy atom. The third kappa shape index (κ3) is 3.25. The van der Waals surface area contributed by atoms with Gasteiger partial charge >= 0.3 is 0 Å². The third-order valence-corrected chi connectivity index (χ3v) is 5.15. The normalized spacial score (nSPS) is 28.0. The van der Waals surface area contributed by atoms with Crippen molar-refractivity contribution in [1.82, 2.24) is 9.80 Å². The topological polar surface area (TPSA) is 86.9 Å². The minimum Gasteiger partial charge on any atom is -0.391 e. The maximum Gasteiger partial charge on any atom is 0.250 e. The Labute approximate surface area is 129 Å². The number of likely N-dealkylation sites (tertiary alicyclic amines) is 1. The van der Waals surface area contributed by atoms with Crippen LogP contribution in [0.3, 0.4) is 0 Å². The molecule has 0 aromatic heterocycles. The Morgan fingerprint density at radius 2 is 2.24 bits per heavy atom. The molecule has 0 saturated carbocycles. The number of aliphatic hydroxyl groups excluding tert-OH is 1. The summed E-state index contributed by atoms with van der Waals surface area (Å²) >= 11 is 1.61. The highest BCUT2D eigenvalue weighted by atomic mass is 32.2. The van der Waals surface area contributed by atoms with E-state index in [1.54, 1.807) is 22.9 Å². The van der Waals surface area contributed by atoms with Gasteiger partial charge in [0.1, 0.15) is 12.1 Å². The van der Waals surface area contributed by atoms with Crippen LogP contribution in [-0.2, 0) is 9.59 Å². The zero-order valence-corrected chi connectivity index (χ0v) is 13.3. The lowest BCUT2D eigenvalue weighted by molar-refractivity contribution is -0.144. The van der Waals surface area contributed by atoms with Crippen LogP contribution in [0.5, 0.6) is 0 Å². The number of thioether (sulfide) groups is 1. The number of nitrogens with zero attached hydrogens (tertiary/aromatic N) is 2. The number of amides is 2. The molecular formula is C14H23N3O3S. The van der Waals surface area contributed by atoms with Crippen molar-refractivity contribution in [3.8, 4) is 0 Å². The van der Waals surface area contributed by atoms with Gasteiger partial charge in [0.2, 0.25) is 11.8 Å². The van der Waals surface area contributed by atoms with Gasteiger partial charge < -0.3 is 20.6 Å². The van der Waals surface area contributed by atoms with Gasteiger partial charge in [0.25, 0.3) is 0 Å². The van der Waals surface area contributed by atoms with E-state index in [0.29, 0.717) is 13.0 Å². The van der Waals surface area contributed by atoms with Crippen molar-refractivity contribution in [3.05, 3.63) is 11.6 Å². The first-order valence-corrected chi connectivity index (χ1v) is 8.30. The van der Waals surface area contributed by atoms with Crippen LogP contribution in [0.4, 0.5) is 0 Å². The van der Waals surface area contributed by atoms with E-state index in [-0.39, 0.29) is 17.2 Å². The molecule has 2 rings (SSSR count). The van der Waals surface area contributed by atoms with Gasteiger partial charge in [0, 0.05) is 12.7 Å². The molecule has 1 unspecified atom stereocenters. The molecule has 7 heteroatoms. The molecule has 0 aromatic rings. The van der Waals surface area contributed by atoms with Gasteiger partial charge in [-0.1, -0.05) is 6.92 Å². The van der Waals surface area contributed by atoms with Crippen LogP contribution in [0.2, 0.25) is 0 Å². The minimum atomic E-state index is -0.969. The third-order valence-electron chi connectivity index (χ3n) is 4.00. The number of hydrogen-bond donors (Lipinski definition) is 2. The van der Waals surface area contributed by atoms with Gasteiger partial charge in [-0.25, -0.2) is 0 Å². The zero-order chi connectivity index (χ0) is 15.6. The fourth-order valence-electron chi connectivity index (χ4n) is 2.72. The Bertz CT molecular complexity index is 441. The van der Waals surface area contributed by atoms with Crippen LogP contribution in [0.1, 0.15) is 33.1 Å². The lowest BCUT2D eigenvalue weighted by atomic mass is 10.1. The molecule has 2 amide bonds. The van der Waals surface area contributed by atoms with Gasteiger partial charge in [-0.05, 0) is 31.6 Å². The fourth-order valence-corrected chi connectivity index (χ4v) is 3.60. The average molecular weight is 313 g/mol. The molecule has 3 N–H and O–H groups in total. The quantitative estimate of drug-likeness (QED) is 0.788. The van der Waals surface area contributed by atoms with Gasteiger partial charge in [-0.2, -0.15) is 0 Å². The summed E-state index contributed by atoms with van der Waals surface area (Å²) in [5, 5.41) is 11.5. The highest BCUT2D eigenvalue weighted by Crippen LogP contribution is 2.30. The zero-order valence-electron chi connectivity index (χ0n) is 12.4. The highest BCUT2D eigenvalue weighted by Gasteiger charge is 2.40. The number of aliphatic hydroxyl groups is 1. The second-order valence-corrected chi connectivity index (χ2v) is 6.57. The maximum atomic E-state index is 12.7. The number of hydrogen-bond acceptors (Lipinski definition) is 5. The first-order chi connectivity index (χ1) is 9.97. The first kappa shape index (κ1) is 16.3. The summed E-state index contributed by atoms with van der Waals surface area (Å²) in [6, 6.07) is -1.43. The number of carbonyl (C=O) groups is 2. The number of carbonyl (C=O) groups excluding carboxylic acids is 2. The van der Waals surface area contributed by atoms with Crippen LogP contribution in [0.15, 0.2) is 11.6 Å². The second-order valence-electron chi connectivity index (χ2n) is 5.49. The van der Waals surface area contributed by atoms with Crippen LogP contribution < -0.4 is 5.73 Å². The molecule has 4 atom stereocenters. The predicted octanol–water partition coefficient (Wildman–Crippen LogP) is 0.468. The molecular weight excluding hydrogens is 290 g/mol. The summed E-state index contributed by atoms with van der Waals surface area (Å²) in [4.78, 5) is 28.3. The molecule has 0 spiro atoms. The van der Waals surface area contributed by atoms with E-state index in [4.69, 9.17) is 5.73 Å². The summed E-state index contributed by atoms with van der Waals surface area (Å²) in [5.74, 6) is -0.392. The molecule has 2 aliphatic heterocycles. The predicted molar refractivity (Wildman–Crippen MR) is 82.0 cm³/mol. The fraction of sp³-hybridized carbons (Fsp3) is 0.714. The largest absolute Gasteiger partial charge is 0.391 e. The summed E-state index contributed by atoms with van der Waals surface area (Å²) in [6.07, 6.45) is 3.17. The van der Waals surface area contributed by atoms with Gasteiger partial charge in [-0.3, -0.25) is 9.59 Å². The summed E-state index contributed by atoms with van der Waals surface area (Å²) in [7, 11) is 0. The van der Waals surface area contributed by atoms with E-state index in [0.717, 1.165) is 12.8 Å². The Kier molecular flexibility index (Phi) is 5.29. The number of rotatable bonds is 4. The molecule has 1 saturated heterocycles. The van der Waals surface area contributed by atoms with E-state index >= 15 is 0 Å². The summed E-state index contributed by atoms with van der Waals surface area (Å²) in [6.45, 7) is 4.05. The smallest absolute Gasteiger partial charge is 0.250 e. The SMILES string of the molecule is CCC1SC=CN1C(=O)[C@@H]1CCCN1C(=O)[C@@H](N)[C@@H](C)O. The van der Waals surface area contributed by atoms with Crippen molar-refractivity contribution in [3.63, 3.8) is 0 Å². The van der Waals surface area contributed by atoms with Gasteiger partial charge in [0.05, 0.1) is 11.5 Å². The maximum absolute atomic E-state index is 12.7. The molecule has 118 valence electrons. The monoisotopic (exact) mass is 313 g/mol. The van der Waals surface area contributed by atoms with E-state index in [1.165, 1.54) is 11.8 Å². The van der Waals surface area contributed by atoms with Crippen molar-refractivity contribution in [1.29, 1.82) is 0 Å². The van der Waals surface area contributed by atoms with E-state index in [1.807, 2.05) is 12.3 Å². The van der Waals surface area contributed by atoms with E-state index < -0.39 is 18.2 Å². The highest BCUT2D eigenvalue weighted by molar-refractivity contribution is 8.02. The van der Waals surface area contributed by atoms with Crippen molar-refractivity contribution in [2.75, 3.05) is 6.54 Å². The van der Waals surface area contributed by atoms with Crippen molar-refractivity contribution >= 4 is 23.6 Å². The molecule has 2 heterocycles. The van der Waals surface area contributed by atoms with E-state index in [2.05, 4.69) is 0 Å². The molecule has 2 aliphatic rings. The second kappa shape index (κ2) is 6.81. The van der Waals surface area contributed by atoms with Crippen molar-refractivity contribution < 1.29 is 14.7 Å². The van der Waals surface area contributed by atoms with Crippen LogP contribution in [0, 0.1) is 0 Å². The van der Waals surface area contributed by atoms with Crippen LogP contribution in [-0.4, -0.2) is 56.8 Å². The van der Waals surface area contributed by atoms with Gasteiger partial charge in [-0.15, -0.1) is 11.8 Å². The molecule has 0 bridgehead atoms. The first-order valence-electron chi connectivity index (χ1n) is 7.35. The van der Waals surface area contributed by atoms with Gasteiger partial charge in [0.15, 0.2) is 0 Å². The lowest BCUT2D eigenvalue weighted by Crippen LogP contribution is -2.54. The molecule has 21 heavy (non-hydrogen) atoms.